The molecule has 0 bridgehead atoms. The number of benzene rings is 3. The third-order valence-electron chi connectivity index (χ3n) is 5.54. The molecule has 4 rings (SSSR count). The maximum atomic E-state index is 14.1. The van der Waals surface area contributed by atoms with E-state index in [0.29, 0.717) is 21.4 Å². The number of thioether (sulfide) groups is 1. The van der Waals surface area contributed by atoms with Crippen LogP contribution < -0.4 is 15.1 Å². The van der Waals surface area contributed by atoms with Gasteiger partial charge in [0.1, 0.15) is 5.69 Å². The van der Waals surface area contributed by atoms with Crippen molar-refractivity contribution in [1.29, 1.82) is 0 Å². The highest BCUT2D eigenvalue weighted by molar-refractivity contribution is 8.00. The lowest BCUT2D eigenvalue weighted by molar-refractivity contribution is -0.113. The average molecular weight is 562 g/mol. The van der Waals surface area contributed by atoms with Gasteiger partial charge in [-0.05, 0) is 42.5 Å². The van der Waals surface area contributed by atoms with Crippen molar-refractivity contribution >= 4 is 57.9 Å². The fraction of sp³-hybridized carbons (Fsp3) is 0.208. The highest BCUT2D eigenvalue weighted by Crippen LogP contribution is 2.33. The highest BCUT2D eigenvalue weighted by Gasteiger charge is 2.31. The lowest BCUT2D eigenvalue weighted by atomic mass is 10.2. The van der Waals surface area contributed by atoms with Crippen molar-refractivity contribution in [3.05, 3.63) is 81.6 Å². The third-order valence-corrected chi connectivity index (χ3v) is 7.10. The van der Waals surface area contributed by atoms with Crippen molar-refractivity contribution < 1.29 is 26.7 Å². The zero-order valence-corrected chi connectivity index (χ0v) is 20.8. The molecule has 0 aromatic heterocycles. The van der Waals surface area contributed by atoms with E-state index in [1.54, 1.807) is 30.3 Å². The Labute approximate surface area is 218 Å². The monoisotopic (exact) mass is 561 g/mol. The summed E-state index contributed by atoms with van der Waals surface area (Å²) in [5, 5.41) is 3.71. The fourth-order valence-electron chi connectivity index (χ4n) is 3.76. The normalized spacial score (nSPS) is 13.8. The van der Waals surface area contributed by atoms with Gasteiger partial charge in [0.2, 0.25) is 11.7 Å². The van der Waals surface area contributed by atoms with Crippen molar-refractivity contribution in [2.45, 2.75) is 4.90 Å². The van der Waals surface area contributed by atoms with Crippen LogP contribution in [-0.2, 0) is 4.79 Å². The summed E-state index contributed by atoms with van der Waals surface area (Å²) in [7, 11) is 0. The van der Waals surface area contributed by atoms with Crippen LogP contribution in [-0.4, -0.2) is 37.8 Å². The zero-order valence-electron chi connectivity index (χ0n) is 18.4. The van der Waals surface area contributed by atoms with E-state index >= 15 is 0 Å². The third kappa shape index (κ3) is 5.66. The molecule has 1 heterocycles. The maximum absolute atomic E-state index is 14.1. The first-order valence-electron chi connectivity index (χ1n) is 10.6. The van der Waals surface area contributed by atoms with E-state index in [2.05, 4.69) is 5.32 Å². The van der Waals surface area contributed by atoms with Gasteiger partial charge >= 0.3 is 0 Å². The molecule has 0 unspecified atom stereocenters. The molecule has 1 aliphatic rings. The van der Waals surface area contributed by atoms with E-state index in [9.17, 15) is 26.7 Å². The number of piperazine rings is 1. The van der Waals surface area contributed by atoms with Crippen LogP contribution in [0.3, 0.4) is 0 Å². The van der Waals surface area contributed by atoms with E-state index in [-0.39, 0.29) is 37.8 Å². The van der Waals surface area contributed by atoms with Crippen molar-refractivity contribution in [2.24, 2.45) is 0 Å². The van der Waals surface area contributed by atoms with Gasteiger partial charge in [-0.2, -0.15) is 0 Å². The molecule has 0 aliphatic carbocycles. The summed E-state index contributed by atoms with van der Waals surface area (Å²) in [4.78, 5) is 16.1. The maximum Gasteiger partial charge on any atom is 0.234 e. The molecule has 12 heteroatoms. The van der Waals surface area contributed by atoms with Crippen LogP contribution in [0.15, 0.2) is 47.4 Å². The molecule has 0 radical (unpaired) electrons. The second-order valence-corrected chi connectivity index (χ2v) is 9.74. The van der Waals surface area contributed by atoms with Gasteiger partial charge in [0.25, 0.3) is 0 Å². The molecule has 1 saturated heterocycles. The SMILES string of the molecule is O=C(CSc1ccc(Cl)cc1)Nc1ccc(N2CCN(c3c(F)c(F)c(F)c(F)c3F)CC2)c(Cl)c1. The molecule has 4 nitrogen and oxygen atoms in total. The van der Waals surface area contributed by atoms with Crippen molar-refractivity contribution in [1.82, 2.24) is 0 Å². The molecular formula is C24H18Cl2F5N3OS. The van der Waals surface area contributed by atoms with Crippen LogP contribution >= 0.6 is 35.0 Å². The number of carbonyl (C=O) groups is 1. The zero-order chi connectivity index (χ0) is 26.0. The Morgan fingerprint density at radius 2 is 1.36 bits per heavy atom. The molecule has 1 aliphatic heterocycles. The van der Waals surface area contributed by atoms with Gasteiger partial charge < -0.3 is 15.1 Å². The summed E-state index contributed by atoms with van der Waals surface area (Å²) < 4.78 is 68.8. The lowest BCUT2D eigenvalue weighted by Crippen LogP contribution is -2.47. The summed E-state index contributed by atoms with van der Waals surface area (Å²) in [6, 6.07) is 12.1. The number of carbonyl (C=O) groups excluding carboxylic acids is 1. The molecule has 1 fully saturated rings. The van der Waals surface area contributed by atoms with E-state index in [4.69, 9.17) is 23.2 Å². The molecule has 0 saturated carbocycles. The molecule has 3 aromatic rings. The molecule has 190 valence electrons. The largest absolute Gasteiger partial charge is 0.367 e. The molecule has 36 heavy (non-hydrogen) atoms. The van der Waals surface area contributed by atoms with Crippen molar-refractivity contribution in [3.8, 4) is 0 Å². The van der Waals surface area contributed by atoms with Crippen LogP contribution in [0.5, 0.6) is 0 Å². The van der Waals surface area contributed by atoms with Crippen molar-refractivity contribution in [2.75, 3.05) is 47.0 Å². The standard InChI is InChI=1S/C24H18Cl2F5N3OS/c25-13-1-4-15(5-2-13)36-12-18(35)32-14-3-6-17(16(26)11-14)33-7-9-34(10-8-33)24-22(30)20(28)19(27)21(29)23(24)31/h1-6,11H,7-10,12H2,(H,32,35). The van der Waals surface area contributed by atoms with E-state index in [0.717, 1.165) is 9.80 Å². The van der Waals surface area contributed by atoms with Crippen LogP contribution in [0.1, 0.15) is 0 Å². The fourth-order valence-corrected chi connectivity index (χ4v) is 4.88. The summed E-state index contributed by atoms with van der Waals surface area (Å²) in [5.74, 6) is -9.89. The Balaban J connectivity index is 1.37. The number of anilines is 3. The minimum atomic E-state index is -2.19. The summed E-state index contributed by atoms with van der Waals surface area (Å²) >= 11 is 13.6. The van der Waals surface area contributed by atoms with Crippen LogP contribution in [0, 0.1) is 29.1 Å². The van der Waals surface area contributed by atoms with E-state index in [1.807, 2.05) is 17.0 Å². The summed E-state index contributed by atoms with van der Waals surface area (Å²) in [5.41, 5.74) is 0.166. The van der Waals surface area contributed by atoms with Gasteiger partial charge in [-0.1, -0.05) is 23.2 Å². The van der Waals surface area contributed by atoms with Crippen LogP contribution in [0.25, 0.3) is 0 Å². The van der Waals surface area contributed by atoms with Gasteiger partial charge in [0.05, 0.1) is 16.5 Å². The minimum Gasteiger partial charge on any atom is -0.367 e. The molecule has 1 N–H and O–H groups in total. The van der Waals surface area contributed by atoms with Gasteiger partial charge in [0.15, 0.2) is 23.3 Å². The van der Waals surface area contributed by atoms with Gasteiger partial charge in [-0.15, -0.1) is 11.8 Å². The summed E-state index contributed by atoms with van der Waals surface area (Å²) in [6.45, 7) is 0.468. The highest BCUT2D eigenvalue weighted by atomic mass is 35.5. The number of amides is 1. The van der Waals surface area contributed by atoms with Gasteiger partial charge in [0, 0.05) is 41.8 Å². The van der Waals surface area contributed by atoms with Crippen LogP contribution in [0.2, 0.25) is 10.0 Å². The Hall–Kier alpha value is -2.69. The first kappa shape index (κ1) is 26.4. The van der Waals surface area contributed by atoms with Crippen molar-refractivity contribution in [3.63, 3.8) is 0 Å². The Morgan fingerprint density at radius 1 is 0.806 bits per heavy atom. The van der Waals surface area contributed by atoms with Gasteiger partial charge in [-0.25, -0.2) is 22.0 Å². The smallest absolute Gasteiger partial charge is 0.234 e. The molecular weight excluding hydrogens is 544 g/mol. The van der Waals surface area contributed by atoms with Crippen LogP contribution in [0.4, 0.5) is 39.0 Å². The van der Waals surface area contributed by atoms with Gasteiger partial charge in [-0.3, -0.25) is 4.79 Å². The first-order chi connectivity index (χ1) is 17.2. The molecule has 0 spiro atoms. The number of hydrogen-bond acceptors (Lipinski definition) is 4. The lowest BCUT2D eigenvalue weighted by Gasteiger charge is -2.38. The Morgan fingerprint density at radius 3 is 1.94 bits per heavy atom. The quantitative estimate of drug-likeness (QED) is 0.156. The summed E-state index contributed by atoms with van der Waals surface area (Å²) in [6.07, 6.45) is 0. The predicted molar refractivity (Wildman–Crippen MR) is 133 cm³/mol. The van der Waals surface area contributed by atoms with E-state index in [1.165, 1.54) is 11.8 Å². The molecule has 0 atom stereocenters. The minimum absolute atomic E-state index is 0.00902. The number of halogens is 7. The number of nitrogens with zero attached hydrogens (tertiary/aromatic N) is 2. The van der Waals surface area contributed by atoms with E-state index < -0.39 is 34.8 Å². The Kier molecular flexibility index (Phi) is 8.17. The number of nitrogens with one attached hydrogen (secondary N) is 1. The number of rotatable bonds is 6. The second-order valence-electron chi connectivity index (χ2n) is 7.85. The second kappa shape index (κ2) is 11.1. The molecule has 1 amide bonds. The topological polar surface area (TPSA) is 35.6 Å². The number of hydrogen-bond donors (Lipinski definition) is 1. The first-order valence-corrected chi connectivity index (χ1v) is 12.4. The molecule has 3 aromatic carbocycles. The predicted octanol–water partition coefficient (Wildman–Crippen LogP) is 6.75. The Bertz CT molecular complexity index is 1260. The average Bonchev–Trinajstić information content (AvgIpc) is 2.87.